The van der Waals surface area contributed by atoms with Gasteiger partial charge in [-0.1, -0.05) is 173 Å². The predicted molar refractivity (Wildman–Crippen MR) is 198 cm³/mol. The van der Waals surface area contributed by atoms with Gasteiger partial charge in [-0.2, -0.15) is 0 Å². The van der Waals surface area contributed by atoms with Crippen LogP contribution in [0, 0.1) is 0 Å². The van der Waals surface area contributed by atoms with Crippen molar-refractivity contribution in [1.82, 2.24) is 0 Å². The van der Waals surface area contributed by atoms with Gasteiger partial charge >= 0.3 is 8.60 Å². The van der Waals surface area contributed by atoms with E-state index in [0.29, 0.717) is 5.75 Å². The second-order valence-corrected chi connectivity index (χ2v) is 14.1. The summed E-state index contributed by atoms with van der Waals surface area (Å²) >= 11 is 0. The van der Waals surface area contributed by atoms with Crippen LogP contribution in [-0.4, -0.2) is 9.79 Å². The normalized spacial score (nSPS) is 11.5. The standard InChI is InChI=1S/C41H69O3P/c1-4-7-10-13-16-19-22-25-29-37-30-27-32-39(38(37)31-26-23-20-17-14-11-8-5-2)40-35-36(33-34-41(40)44-45(42)43)28-24-21-18-15-12-9-6-3/h27,30,32-35,42-43H,4-26,28-29,31H2,1-3H3. The first-order valence-electron chi connectivity index (χ1n) is 19.2. The third-order valence-electron chi connectivity index (χ3n) is 9.44. The largest absolute Gasteiger partial charge is 0.426 e. The Morgan fingerprint density at radius 1 is 0.489 bits per heavy atom. The van der Waals surface area contributed by atoms with Crippen LogP contribution in [0.4, 0.5) is 0 Å². The van der Waals surface area contributed by atoms with Crippen molar-refractivity contribution >= 4 is 8.60 Å². The lowest BCUT2D eigenvalue weighted by molar-refractivity contribution is 0.375. The van der Waals surface area contributed by atoms with Gasteiger partial charge in [-0.25, -0.2) is 0 Å². The van der Waals surface area contributed by atoms with Crippen LogP contribution in [0.25, 0.3) is 11.1 Å². The third kappa shape index (κ3) is 17.9. The molecule has 2 aromatic carbocycles. The van der Waals surface area contributed by atoms with Crippen LogP contribution in [0.2, 0.25) is 0 Å². The number of benzene rings is 2. The lowest BCUT2D eigenvalue weighted by Gasteiger charge is -2.19. The van der Waals surface area contributed by atoms with Crippen molar-refractivity contribution in [3.8, 4) is 16.9 Å². The van der Waals surface area contributed by atoms with E-state index in [2.05, 4.69) is 51.1 Å². The summed E-state index contributed by atoms with van der Waals surface area (Å²) in [6, 6.07) is 13.2. The molecule has 0 aliphatic rings. The summed E-state index contributed by atoms with van der Waals surface area (Å²) in [5.74, 6) is 0.593. The molecule has 0 bridgehead atoms. The summed E-state index contributed by atoms with van der Waals surface area (Å²) in [4.78, 5) is 19.7. The minimum Gasteiger partial charge on any atom is -0.426 e. The van der Waals surface area contributed by atoms with Crippen LogP contribution in [0.5, 0.6) is 5.75 Å². The Balaban J connectivity index is 2.18. The average Bonchev–Trinajstić information content (AvgIpc) is 3.04. The maximum absolute atomic E-state index is 9.84. The molecule has 45 heavy (non-hydrogen) atoms. The Morgan fingerprint density at radius 3 is 1.47 bits per heavy atom. The van der Waals surface area contributed by atoms with E-state index in [0.717, 1.165) is 24.8 Å². The smallest absolute Gasteiger partial charge is 0.391 e. The molecule has 0 spiro atoms. The predicted octanol–water partition coefficient (Wildman–Crippen LogP) is 13.6. The summed E-state index contributed by atoms with van der Waals surface area (Å²) in [5.41, 5.74) is 6.49. The molecule has 4 heteroatoms. The maximum atomic E-state index is 9.84. The Hall–Kier alpha value is -1.41. The van der Waals surface area contributed by atoms with E-state index in [4.69, 9.17) is 4.52 Å². The third-order valence-corrected chi connectivity index (χ3v) is 9.80. The average molecular weight is 641 g/mol. The summed E-state index contributed by atoms with van der Waals surface area (Å²) in [7, 11) is -2.47. The molecule has 2 aromatic rings. The van der Waals surface area contributed by atoms with E-state index < -0.39 is 8.60 Å². The van der Waals surface area contributed by atoms with Gasteiger partial charge in [-0.05, 0) is 72.9 Å². The first-order valence-corrected chi connectivity index (χ1v) is 20.4. The zero-order chi connectivity index (χ0) is 32.4. The molecule has 0 radical (unpaired) electrons. The SMILES string of the molecule is CCCCCCCCCCc1cccc(-c2cc(CCCCCCCCC)ccc2OP(O)O)c1CCCCCCCCCC. The molecule has 0 fully saturated rings. The van der Waals surface area contributed by atoms with Crippen LogP contribution in [-0.2, 0) is 19.3 Å². The Kier molecular flexibility index (Phi) is 23.5. The van der Waals surface area contributed by atoms with Gasteiger partial charge in [0.05, 0.1) is 0 Å². The van der Waals surface area contributed by atoms with Crippen LogP contribution >= 0.6 is 8.60 Å². The van der Waals surface area contributed by atoms with Gasteiger partial charge in [0.2, 0.25) is 0 Å². The van der Waals surface area contributed by atoms with Gasteiger partial charge in [0.25, 0.3) is 0 Å². The Labute approximate surface area is 280 Å². The van der Waals surface area contributed by atoms with Gasteiger partial charge < -0.3 is 14.3 Å². The molecule has 0 saturated carbocycles. The molecule has 0 saturated heterocycles. The molecule has 0 aliphatic carbocycles. The highest BCUT2D eigenvalue weighted by molar-refractivity contribution is 7.39. The number of unbranched alkanes of at least 4 members (excludes halogenated alkanes) is 20. The highest BCUT2D eigenvalue weighted by Gasteiger charge is 2.17. The second kappa shape index (κ2) is 26.6. The van der Waals surface area contributed by atoms with Crippen LogP contribution < -0.4 is 4.52 Å². The van der Waals surface area contributed by atoms with E-state index in [1.807, 2.05) is 6.07 Å². The molecule has 2 N–H and O–H groups in total. The molecule has 0 aliphatic heterocycles. The van der Waals surface area contributed by atoms with Crippen molar-refractivity contribution in [2.24, 2.45) is 0 Å². The summed E-state index contributed by atoms with van der Waals surface area (Å²) in [5, 5.41) is 0. The van der Waals surface area contributed by atoms with Gasteiger partial charge in [-0.15, -0.1) is 0 Å². The number of aryl methyl sites for hydroxylation is 2. The van der Waals surface area contributed by atoms with Crippen molar-refractivity contribution in [2.45, 2.75) is 188 Å². The van der Waals surface area contributed by atoms with E-state index in [1.165, 1.54) is 170 Å². The lowest BCUT2D eigenvalue weighted by Crippen LogP contribution is -2.01. The highest BCUT2D eigenvalue weighted by atomic mass is 31.2. The molecule has 0 amide bonds. The van der Waals surface area contributed by atoms with E-state index in [1.54, 1.807) is 0 Å². The first-order chi connectivity index (χ1) is 22.1. The van der Waals surface area contributed by atoms with Gasteiger partial charge in [0.1, 0.15) is 5.75 Å². The van der Waals surface area contributed by atoms with Crippen molar-refractivity contribution in [1.29, 1.82) is 0 Å². The molecule has 0 aromatic heterocycles. The number of rotatable bonds is 29. The minimum atomic E-state index is -2.47. The van der Waals surface area contributed by atoms with Crippen molar-refractivity contribution < 1.29 is 14.3 Å². The highest BCUT2D eigenvalue weighted by Crippen LogP contribution is 2.40. The van der Waals surface area contributed by atoms with Crippen LogP contribution in [0.3, 0.4) is 0 Å². The monoisotopic (exact) mass is 640 g/mol. The maximum Gasteiger partial charge on any atom is 0.391 e. The van der Waals surface area contributed by atoms with Crippen molar-refractivity contribution in [3.63, 3.8) is 0 Å². The van der Waals surface area contributed by atoms with Crippen molar-refractivity contribution in [3.05, 3.63) is 53.1 Å². The van der Waals surface area contributed by atoms with Crippen molar-refractivity contribution in [2.75, 3.05) is 0 Å². The number of hydrogen-bond acceptors (Lipinski definition) is 3. The molecule has 2 rings (SSSR count). The molecule has 3 nitrogen and oxygen atoms in total. The Bertz CT molecular complexity index is 989. The lowest BCUT2D eigenvalue weighted by atomic mass is 9.88. The summed E-state index contributed by atoms with van der Waals surface area (Å²) in [6.45, 7) is 6.84. The summed E-state index contributed by atoms with van der Waals surface area (Å²) < 4.78 is 5.65. The van der Waals surface area contributed by atoms with Gasteiger partial charge in [0.15, 0.2) is 0 Å². The molecule has 0 unspecified atom stereocenters. The fourth-order valence-electron chi connectivity index (χ4n) is 6.70. The van der Waals surface area contributed by atoms with Crippen LogP contribution in [0.1, 0.15) is 185 Å². The molecular weight excluding hydrogens is 571 g/mol. The zero-order valence-electron chi connectivity index (χ0n) is 29.6. The quantitative estimate of drug-likeness (QED) is 0.0687. The van der Waals surface area contributed by atoms with Crippen LogP contribution in [0.15, 0.2) is 36.4 Å². The van der Waals surface area contributed by atoms with Gasteiger partial charge in [-0.3, -0.25) is 0 Å². The topological polar surface area (TPSA) is 49.7 Å². The summed E-state index contributed by atoms with van der Waals surface area (Å²) in [6.07, 6.45) is 33.6. The van der Waals surface area contributed by atoms with Gasteiger partial charge in [0, 0.05) is 5.56 Å². The molecule has 0 atom stereocenters. The minimum absolute atomic E-state index is 0.593. The van der Waals surface area contributed by atoms with E-state index in [9.17, 15) is 9.79 Å². The Morgan fingerprint density at radius 2 is 0.956 bits per heavy atom. The number of hydrogen-bond donors (Lipinski definition) is 2. The second-order valence-electron chi connectivity index (χ2n) is 13.4. The first kappa shape index (κ1) is 39.8. The fourth-order valence-corrected chi connectivity index (χ4v) is 7.03. The molecular formula is C41H69O3P. The molecule has 256 valence electrons. The fraction of sp³-hybridized carbons (Fsp3) is 0.707. The van der Waals surface area contributed by atoms with E-state index in [-0.39, 0.29) is 0 Å². The molecule has 0 heterocycles. The zero-order valence-corrected chi connectivity index (χ0v) is 30.5. The van der Waals surface area contributed by atoms with E-state index >= 15 is 0 Å².